The van der Waals surface area contributed by atoms with Gasteiger partial charge >= 0.3 is 0 Å². The van der Waals surface area contributed by atoms with Gasteiger partial charge in [-0.3, -0.25) is 9.69 Å². The summed E-state index contributed by atoms with van der Waals surface area (Å²) in [4.78, 5) is 27.9. The fourth-order valence-electron chi connectivity index (χ4n) is 4.28. The molecule has 2 aliphatic rings. The number of hydrogen-bond donors (Lipinski definition) is 1. The molecule has 2 aliphatic heterocycles. The Hall–Kier alpha value is -1.73. The van der Waals surface area contributed by atoms with Gasteiger partial charge in [-0.15, -0.1) is 0 Å². The second-order valence-electron chi connectivity index (χ2n) is 8.21. The lowest BCUT2D eigenvalue weighted by atomic mass is 10.0. The number of aryl methyl sites for hydroxylation is 1. The molecular weight excluding hydrogens is 342 g/mol. The highest BCUT2D eigenvalue weighted by Gasteiger charge is 2.31. The highest BCUT2D eigenvalue weighted by atomic mass is 16.3. The number of piperazine rings is 1. The molecule has 7 heteroatoms. The summed E-state index contributed by atoms with van der Waals surface area (Å²) in [5.74, 6) is 2.51. The van der Waals surface area contributed by atoms with Crippen molar-refractivity contribution in [3.05, 3.63) is 17.1 Å². The molecule has 0 radical (unpaired) electrons. The summed E-state index contributed by atoms with van der Waals surface area (Å²) in [6.07, 6.45) is 1.59. The first-order valence-electron chi connectivity index (χ1n) is 10.1. The molecule has 1 N–H and O–H groups in total. The quantitative estimate of drug-likeness (QED) is 0.834. The number of rotatable bonds is 5. The van der Waals surface area contributed by atoms with Crippen LogP contribution >= 0.6 is 0 Å². The Balaban J connectivity index is 1.83. The van der Waals surface area contributed by atoms with E-state index in [2.05, 4.69) is 28.6 Å². The molecule has 1 aromatic rings. The Morgan fingerprint density at radius 1 is 1.26 bits per heavy atom. The van der Waals surface area contributed by atoms with Crippen molar-refractivity contribution < 1.29 is 9.90 Å². The van der Waals surface area contributed by atoms with Crippen molar-refractivity contribution in [3.8, 4) is 0 Å². The fraction of sp³-hybridized carbons (Fsp3) is 0.750. The van der Waals surface area contributed by atoms with Crippen LogP contribution in [0, 0.1) is 12.8 Å². The number of aromatic nitrogens is 2. The second-order valence-corrected chi connectivity index (χ2v) is 8.21. The summed E-state index contributed by atoms with van der Waals surface area (Å²) >= 11 is 0. The van der Waals surface area contributed by atoms with E-state index in [1.165, 1.54) is 5.56 Å². The van der Waals surface area contributed by atoms with Gasteiger partial charge in [0, 0.05) is 57.9 Å². The summed E-state index contributed by atoms with van der Waals surface area (Å²) in [7, 11) is 0. The van der Waals surface area contributed by atoms with E-state index in [4.69, 9.17) is 4.98 Å². The van der Waals surface area contributed by atoms with Crippen LogP contribution in [0.15, 0.2) is 0 Å². The predicted octanol–water partition coefficient (Wildman–Crippen LogP) is 1.22. The number of carbonyl (C=O) groups is 1. The largest absolute Gasteiger partial charge is 0.396 e. The number of aliphatic hydroxyl groups excluding tert-OH is 1. The van der Waals surface area contributed by atoms with E-state index in [0.717, 1.165) is 62.9 Å². The van der Waals surface area contributed by atoms with Crippen LogP contribution in [-0.4, -0.2) is 76.2 Å². The SMILES string of the molecule is CC(=O)N1CCc2c(nc(C)nc2N2CCN(CC(C)C)[C@@H](CCO)C2)C1. The fourth-order valence-corrected chi connectivity index (χ4v) is 4.28. The topological polar surface area (TPSA) is 72.8 Å². The Labute approximate surface area is 162 Å². The van der Waals surface area contributed by atoms with Crippen molar-refractivity contribution in [2.45, 2.75) is 53.1 Å². The number of nitrogens with zero attached hydrogens (tertiary/aromatic N) is 5. The lowest BCUT2D eigenvalue weighted by molar-refractivity contribution is -0.129. The Bertz CT molecular complexity index is 679. The van der Waals surface area contributed by atoms with Crippen molar-refractivity contribution in [2.75, 3.05) is 44.2 Å². The zero-order chi connectivity index (χ0) is 19.6. The smallest absolute Gasteiger partial charge is 0.219 e. The molecule has 7 nitrogen and oxygen atoms in total. The number of anilines is 1. The Morgan fingerprint density at radius 3 is 2.70 bits per heavy atom. The highest BCUT2D eigenvalue weighted by molar-refractivity contribution is 5.73. The van der Waals surface area contributed by atoms with E-state index in [-0.39, 0.29) is 12.5 Å². The minimum Gasteiger partial charge on any atom is -0.396 e. The summed E-state index contributed by atoms with van der Waals surface area (Å²) in [6.45, 7) is 13.4. The second kappa shape index (κ2) is 8.52. The lowest BCUT2D eigenvalue weighted by Gasteiger charge is -2.43. The monoisotopic (exact) mass is 375 g/mol. The summed E-state index contributed by atoms with van der Waals surface area (Å²) in [5.41, 5.74) is 2.18. The molecule has 3 rings (SSSR count). The third-order valence-electron chi connectivity index (χ3n) is 5.57. The van der Waals surface area contributed by atoms with Crippen LogP contribution in [0.25, 0.3) is 0 Å². The van der Waals surface area contributed by atoms with Crippen molar-refractivity contribution >= 4 is 11.7 Å². The molecule has 0 aromatic carbocycles. The van der Waals surface area contributed by atoms with Gasteiger partial charge in [-0.05, 0) is 25.7 Å². The van der Waals surface area contributed by atoms with Crippen LogP contribution in [0.1, 0.15) is 44.3 Å². The maximum atomic E-state index is 11.8. The van der Waals surface area contributed by atoms with Crippen LogP contribution in [0.2, 0.25) is 0 Å². The lowest BCUT2D eigenvalue weighted by Crippen LogP contribution is -2.55. The van der Waals surface area contributed by atoms with Crippen LogP contribution in [-0.2, 0) is 17.8 Å². The number of amides is 1. The summed E-state index contributed by atoms with van der Waals surface area (Å²) in [5, 5.41) is 9.54. The first-order chi connectivity index (χ1) is 12.9. The van der Waals surface area contributed by atoms with Gasteiger partial charge in [-0.25, -0.2) is 9.97 Å². The average molecular weight is 376 g/mol. The van der Waals surface area contributed by atoms with Crippen LogP contribution < -0.4 is 4.90 Å². The molecule has 150 valence electrons. The summed E-state index contributed by atoms with van der Waals surface area (Å²) in [6, 6.07) is 0.342. The minimum absolute atomic E-state index is 0.101. The van der Waals surface area contributed by atoms with Crippen molar-refractivity contribution in [3.63, 3.8) is 0 Å². The van der Waals surface area contributed by atoms with Gasteiger partial charge in [0.15, 0.2) is 0 Å². The molecule has 0 saturated carbocycles. The van der Waals surface area contributed by atoms with Gasteiger partial charge in [-0.1, -0.05) is 13.8 Å². The first-order valence-corrected chi connectivity index (χ1v) is 10.1. The van der Waals surface area contributed by atoms with Crippen molar-refractivity contribution in [1.82, 2.24) is 19.8 Å². The molecule has 0 spiro atoms. The zero-order valence-corrected chi connectivity index (χ0v) is 17.1. The number of fused-ring (bicyclic) bond motifs is 1. The van der Waals surface area contributed by atoms with Gasteiger partial charge < -0.3 is 14.9 Å². The van der Waals surface area contributed by atoms with E-state index in [1.807, 2.05) is 11.8 Å². The molecule has 27 heavy (non-hydrogen) atoms. The maximum Gasteiger partial charge on any atom is 0.219 e. The number of carbonyl (C=O) groups excluding carboxylic acids is 1. The molecule has 3 heterocycles. The van der Waals surface area contributed by atoms with Crippen LogP contribution in [0.3, 0.4) is 0 Å². The van der Waals surface area contributed by atoms with Gasteiger partial charge in [0.2, 0.25) is 5.91 Å². The highest BCUT2D eigenvalue weighted by Crippen LogP contribution is 2.29. The van der Waals surface area contributed by atoms with E-state index < -0.39 is 0 Å². The Kier molecular flexibility index (Phi) is 6.32. The third-order valence-corrected chi connectivity index (χ3v) is 5.57. The van der Waals surface area contributed by atoms with E-state index in [9.17, 15) is 9.90 Å². The molecule has 0 bridgehead atoms. The van der Waals surface area contributed by atoms with Gasteiger partial charge in [0.25, 0.3) is 0 Å². The first kappa shape index (κ1) is 20.0. The molecule has 1 atom stereocenters. The Morgan fingerprint density at radius 2 is 2.04 bits per heavy atom. The zero-order valence-electron chi connectivity index (χ0n) is 17.1. The molecule has 1 amide bonds. The summed E-state index contributed by atoms with van der Waals surface area (Å²) < 4.78 is 0. The van der Waals surface area contributed by atoms with Crippen molar-refractivity contribution in [2.24, 2.45) is 5.92 Å². The molecular formula is C20H33N5O2. The third kappa shape index (κ3) is 4.58. The van der Waals surface area contributed by atoms with Gasteiger partial charge in [0.05, 0.1) is 12.2 Å². The van der Waals surface area contributed by atoms with Crippen molar-refractivity contribution in [1.29, 1.82) is 0 Å². The molecule has 0 aliphatic carbocycles. The molecule has 0 unspecified atom stereocenters. The number of aliphatic hydroxyl groups is 1. The molecule has 1 saturated heterocycles. The van der Waals surface area contributed by atoms with E-state index >= 15 is 0 Å². The predicted molar refractivity (Wildman–Crippen MR) is 106 cm³/mol. The normalized spacial score (nSPS) is 20.9. The molecule has 1 aromatic heterocycles. The molecule has 1 fully saturated rings. The van der Waals surface area contributed by atoms with Gasteiger partial charge in [-0.2, -0.15) is 0 Å². The minimum atomic E-state index is 0.101. The standard InChI is InChI=1S/C20H33N5O2/c1-14(2)11-24-8-9-25(12-17(24)6-10-26)20-18-5-7-23(16(4)27)13-19(18)21-15(3)22-20/h14,17,26H,5-13H2,1-4H3/t17-/m0/s1. The average Bonchev–Trinajstić information content (AvgIpc) is 2.61. The maximum absolute atomic E-state index is 11.8. The number of hydrogen-bond acceptors (Lipinski definition) is 6. The van der Waals surface area contributed by atoms with E-state index in [1.54, 1.807) is 6.92 Å². The van der Waals surface area contributed by atoms with E-state index in [0.29, 0.717) is 18.5 Å². The van der Waals surface area contributed by atoms with Crippen LogP contribution in [0.5, 0.6) is 0 Å². The van der Waals surface area contributed by atoms with Crippen LogP contribution in [0.4, 0.5) is 5.82 Å². The van der Waals surface area contributed by atoms with Gasteiger partial charge in [0.1, 0.15) is 11.6 Å².